The van der Waals surface area contributed by atoms with E-state index in [-0.39, 0.29) is 5.11 Å². The zero-order valence-corrected chi connectivity index (χ0v) is 14.8. The van der Waals surface area contributed by atoms with Gasteiger partial charge in [-0.3, -0.25) is 5.43 Å². The molecule has 0 unspecified atom stereocenters. The fourth-order valence-electron chi connectivity index (χ4n) is 2.49. The normalized spacial score (nSPS) is 10.9. The van der Waals surface area contributed by atoms with Gasteiger partial charge < -0.3 is 10.5 Å². The van der Waals surface area contributed by atoms with E-state index in [0.29, 0.717) is 17.4 Å². The molecule has 0 amide bonds. The predicted octanol–water partition coefficient (Wildman–Crippen LogP) is 4.24. The quantitative estimate of drug-likeness (QED) is 0.401. The monoisotopic (exact) mass is 369 g/mol. The van der Waals surface area contributed by atoms with Crippen molar-refractivity contribution < 1.29 is 4.74 Å². The molecule has 6 heteroatoms. The van der Waals surface area contributed by atoms with Crippen molar-refractivity contribution in [2.75, 3.05) is 0 Å². The van der Waals surface area contributed by atoms with Gasteiger partial charge in [-0.2, -0.15) is 5.10 Å². The first-order valence-corrected chi connectivity index (χ1v) is 8.39. The molecule has 3 rings (SSSR count). The number of hydrogen-bond donors (Lipinski definition) is 2. The van der Waals surface area contributed by atoms with Crippen LogP contribution in [0.5, 0.6) is 5.75 Å². The van der Waals surface area contributed by atoms with E-state index in [9.17, 15) is 0 Å². The van der Waals surface area contributed by atoms with E-state index >= 15 is 0 Å². The molecule has 3 aromatic carbocycles. The number of fused-ring (bicyclic) bond motifs is 1. The number of benzene rings is 3. The van der Waals surface area contributed by atoms with Crippen LogP contribution >= 0.6 is 23.8 Å². The van der Waals surface area contributed by atoms with Crippen molar-refractivity contribution in [1.82, 2.24) is 5.43 Å². The summed E-state index contributed by atoms with van der Waals surface area (Å²) in [5, 5.41) is 7.01. The van der Waals surface area contributed by atoms with Crippen LogP contribution in [0.4, 0.5) is 0 Å². The molecule has 126 valence electrons. The van der Waals surface area contributed by atoms with Crippen LogP contribution in [0.3, 0.4) is 0 Å². The van der Waals surface area contributed by atoms with Gasteiger partial charge in [0.1, 0.15) is 12.4 Å². The van der Waals surface area contributed by atoms with E-state index in [2.05, 4.69) is 34.8 Å². The number of nitrogens with two attached hydrogens (primary N) is 1. The van der Waals surface area contributed by atoms with Crippen molar-refractivity contribution in [2.24, 2.45) is 10.8 Å². The minimum Gasteiger partial charge on any atom is -0.488 e. The van der Waals surface area contributed by atoms with Crippen molar-refractivity contribution in [2.45, 2.75) is 6.61 Å². The highest BCUT2D eigenvalue weighted by Gasteiger charge is 2.06. The first-order valence-electron chi connectivity index (χ1n) is 7.61. The highest BCUT2D eigenvalue weighted by Crippen LogP contribution is 2.24. The van der Waals surface area contributed by atoms with E-state index in [1.54, 1.807) is 18.3 Å². The number of ether oxygens (including phenoxy) is 1. The Labute approximate surface area is 156 Å². The molecule has 0 heterocycles. The molecule has 0 saturated carbocycles. The van der Waals surface area contributed by atoms with Gasteiger partial charge in [-0.05, 0) is 46.8 Å². The SMILES string of the molecule is NC(=S)N/N=C/c1cc(Cl)ccc1OCc1cccc2ccccc12. The van der Waals surface area contributed by atoms with Crippen LogP contribution < -0.4 is 15.9 Å². The average molecular weight is 370 g/mol. The van der Waals surface area contributed by atoms with Crippen LogP contribution in [0.2, 0.25) is 5.02 Å². The number of thiocarbonyl (C=S) groups is 1. The molecule has 0 atom stereocenters. The third-order valence-electron chi connectivity index (χ3n) is 3.61. The van der Waals surface area contributed by atoms with Gasteiger partial charge in [0.05, 0.1) is 6.21 Å². The molecule has 0 aliphatic rings. The van der Waals surface area contributed by atoms with E-state index in [4.69, 9.17) is 34.3 Å². The van der Waals surface area contributed by atoms with Crippen LogP contribution in [0.25, 0.3) is 10.8 Å². The second-order valence-electron chi connectivity index (χ2n) is 5.34. The zero-order chi connectivity index (χ0) is 17.6. The molecule has 0 aliphatic carbocycles. The van der Waals surface area contributed by atoms with Gasteiger partial charge in [0.2, 0.25) is 0 Å². The maximum atomic E-state index is 6.07. The molecule has 3 aromatic rings. The topological polar surface area (TPSA) is 59.6 Å². The average Bonchev–Trinajstić information content (AvgIpc) is 2.61. The van der Waals surface area contributed by atoms with Crippen LogP contribution in [-0.2, 0) is 6.61 Å². The van der Waals surface area contributed by atoms with Gasteiger partial charge in [-0.1, -0.05) is 54.1 Å². The van der Waals surface area contributed by atoms with Crippen molar-refractivity contribution in [3.05, 3.63) is 76.8 Å². The summed E-state index contributed by atoms with van der Waals surface area (Å²) in [7, 11) is 0. The maximum absolute atomic E-state index is 6.07. The second kappa shape index (κ2) is 7.96. The highest BCUT2D eigenvalue weighted by atomic mass is 35.5. The smallest absolute Gasteiger partial charge is 0.184 e. The van der Waals surface area contributed by atoms with Gasteiger partial charge in [-0.15, -0.1) is 0 Å². The van der Waals surface area contributed by atoms with Crippen LogP contribution in [0, 0.1) is 0 Å². The number of rotatable bonds is 5. The van der Waals surface area contributed by atoms with Crippen molar-refractivity contribution >= 4 is 45.9 Å². The molecule has 3 N–H and O–H groups in total. The van der Waals surface area contributed by atoms with Crippen LogP contribution in [0.15, 0.2) is 65.8 Å². The Bertz CT molecular complexity index is 938. The van der Waals surface area contributed by atoms with Gasteiger partial charge in [0.25, 0.3) is 0 Å². The molecular formula is C19H16ClN3OS. The Hall–Kier alpha value is -2.63. The second-order valence-corrected chi connectivity index (χ2v) is 6.22. The lowest BCUT2D eigenvalue weighted by Crippen LogP contribution is -2.24. The lowest BCUT2D eigenvalue weighted by atomic mass is 10.1. The summed E-state index contributed by atoms with van der Waals surface area (Å²) in [4.78, 5) is 0. The van der Waals surface area contributed by atoms with E-state index in [1.807, 2.05) is 24.3 Å². The minimum atomic E-state index is 0.0940. The first kappa shape index (κ1) is 17.2. The Morgan fingerprint density at radius 2 is 1.96 bits per heavy atom. The fourth-order valence-corrected chi connectivity index (χ4v) is 2.72. The molecule has 0 radical (unpaired) electrons. The Morgan fingerprint density at radius 3 is 2.80 bits per heavy atom. The highest BCUT2D eigenvalue weighted by molar-refractivity contribution is 7.80. The first-order chi connectivity index (χ1) is 12.1. The number of hydrazone groups is 1. The summed E-state index contributed by atoms with van der Waals surface area (Å²) >= 11 is 10.8. The molecule has 25 heavy (non-hydrogen) atoms. The molecule has 0 aliphatic heterocycles. The van der Waals surface area contributed by atoms with E-state index in [0.717, 1.165) is 11.1 Å². The predicted molar refractivity (Wildman–Crippen MR) is 107 cm³/mol. The molecule has 0 saturated heterocycles. The van der Waals surface area contributed by atoms with E-state index in [1.165, 1.54) is 10.8 Å². The standard InChI is InChI=1S/C19H16ClN3OS/c20-16-8-9-18(15(10-16)11-22-23-19(21)25)24-12-14-6-3-5-13-4-1-2-7-17(13)14/h1-11H,12H2,(H3,21,23,25)/b22-11+. The van der Waals surface area contributed by atoms with Crippen molar-refractivity contribution in [3.63, 3.8) is 0 Å². The fraction of sp³-hybridized carbons (Fsp3) is 0.0526. The number of nitrogens with zero attached hydrogens (tertiary/aromatic N) is 1. The summed E-state index contributed by atoms with van der Waals surface area (Å²) in [5.74, 6) is 0.672. The van der Waals surface area contributed by atoms with E-state index < -0.39 is 0 Å². The minimum absolute atomic E-state index is 0.0940. The number of halogens is 1. The van der Waals surface area contributed by atoms with Crippen molar-refractivity contribution in [3.8, 4) is 5.75 Å². The third kappa shape index (κ3) is 4.47. The molecule has 0 spiro atoms. The Kier molecular flexibility index (Phi) is 5.48. The summed E-state index contributed by atoms with van der Waals surface area (Å²) in [6.45, 7) is 0.437. The third-order valence-corrected chi connectivity index (χ3v) is 3.94. The van der Waals surface area contributed by atoms with Gasteiger partial charge in [0.15, 0.2) is 5.11 Å². The lowest BCUT2D eigenvalue weighted by Gasteiger charge is -2.11. The zero-order valence-electron chi connectivity index (χ0n) is 13.3. The molecule has 0 bridgehead atoms. The van der Waals surface area contributed by atoms with Gasteiger partial charge >= 0.3 is 0 Å². The number of hydrogen-bond acceptors (Lipinski definition) is 3. The summed E-state index contributed by atoms with van der Waals surface area (Å²) in [5.41, 5.74) is 9.72. The summed E-state index contributed by atoms with van der Waals surface area (Å²) in [6, 6.07) is 19.7. The lowest BCUT2D eigenvalue weighted by molar-refractivity contribution is 0.307. The summed E-state index contributed by atoms with van der Waals surface area (Å²) in [6.07, 6.45) is 1.57. The Balaban J connectivity index is 1.83. The molecule has 0 aromatic heterocycles. The van der Waals surface area contributed by atoms with Crippen LogP contribution in [0.1, 0.15) is 11.1 Å². The Morgan fingerprint density at radius 1 is 1.16 bits per heavy atom. The summed E-state index contributed by atoms with van der Waals surface area (Å²) < 4.78 is 6.00. The van der Waals surface area contributed by atoms with Gasteiger partial charge in [-0.25, -0.2) is 0 Å². The maximum Gasteiger partial charge on any atom is 0.184 e. The van der Waals surface area contributed by atoms with Crippen LogP contribution in [-0.4, -0.2) is 11.3 Å². The van der Waals surface area contributed by atoms with Crippen molar-refractivity contribution in [1.29, 1.82) is 0 Å². The molecular weight excluding hydrogens is 354 g/mol. The number of nitrogens with one attached hydrogen (secondary N) is 1. The largest absolute Gasteiger partial charge is 0.488 e. The van der Waals surface area contributed by atoms with Gasteiger partial charge in [0, 0.05) is 10.6 Å². The molecule has 4 nitrogen and oxygen atoms in total. The molecule has 0 fully saturated rings.